The van der Waals surface area contributed by atoms with E-state index in [-0.39, 0.29) is 11.5 Å². The highest BCUT2D eigenvalue weighted by Gasteiger charge is 2.28. The second-order valence-electron chi connectivity index (χ2n) is 5.50. The predicted molar refractivity (Wildman–Crippen MR) is 60.2 cm³/mol. The highest BCUT2D eigenvalue weighted by molar-refractivity contribution is 4.92. The topological polar surface area (TPSA) is 47.3 Å². The van der Waals surface area contributed by atoms with Gasteiger partial charge in [-0.2, -0.15) is 5.26 Å². The fourth-order valence-corrected chi connectivity index (χ4v) is 1.91. The van der Waals surface area contributed by atoms with Gasteiger partial charge in [-0.05, 0) is 52.6 Å². The largest absolute Gasteiger partial charge is 0.393 e. The van der Waals surface area contributed by atoms with Crippen LogP contribution >= 0.6 is 0 Å². The van der Waals surface area contributed by atoms with Crippen molar-refractivity contribution in [1.29, 1.82) is 5.26 Å². The standard InChI is InChI=1S/C12H22N2O/c1-12(2,9-13)4-5-14(3)8-10-6-11(15)7-10/h10-11,15H,4-8H2,1-3H3. The minimum Gasteiger partial charge on any atom is -0.393 e. The lowest BCUT2D eigenvalue weighted by Crippen LogP contribution is -2.38. The van der Waals surface area contributed by atoms with Gasteiger partial charge in [-0.1, -0.05) is 0 Å². The molecule has 0 heterocycles. The minimum atomic E-state index is -0.215. The number of hydrogen-bond acceptors (Lipinski definition) is 3. The molecule has 1 aliphatic rings. The molecule has 0 radical (unpaired) electrons. The Morgan fingerprint density at radius 2 is 2.07 bits per heavy atom. The van der Waals surface area contributed by atoms with Crippen molar-refractivity contribution in [3.8, 4) is 6.07 Å². The van der Waals surface area contributed by atoms with E-state index in [2.05, 4.69) is 18.0 Å². The maximum Gasteiger partial charge on any atom is 0.0684 e. The van der Waals surface area contributed by atoms with Crippen molar-refractivity contribution in [2.24, 2.45) is 11.3 Å². The van der Waals surface area contributed by atoms with E-state index in [0.29, 0.717) is 5.92 Å². The van der Waals surface area contributed by atoms with Crippen LogP contribution in [0.25, 0.3) is 0 Å². The first-order chi connectivity index (χ1) is 6.93. The van der Waals surface area contributed by atoms with Gasteiger partial charge in [-0.15, -0.1) is 0 Å². The number of aliphatic hydroxyl groups excluding tert-OH is 1. The van der Waals surface area contributed by atoms with E-state index < -0.39 is 0 Å². The molecule has 0 amide bonds. The molecule has 86 valence electrons. The molecular formula is C12H22N2O. The summed E-state index contributed by atoms with van der Waals surface area (Å²) < 4.78 is 0. The Morgan fingerprint density at radius 3 is 2.53 bits per heavy atom. The summed E-state index contributed by atoms with van der Waals surface area (Å²) in [6.07, 6.45) is 2.76. The van der Waals surface area contributed by atoms with Gasteiger partial charge in [-0.25, -0.2) is 0 Å². The zero-order valence-electron chi connectivity index (χ0n) is 10.0. The van der Waals surface area contributed by atoms with Crippen LogP contribution in [0.2, 0.25) is 0 Å². The zero-order valence-corrected chi connectivity index (χ0v) is 10.0. The normalized spacial score (nSPS) is 26.1. The molecule has 1 rings (SSSR count). The Kier molecular flexibility index (Phi) is 4.12. The van der Waals surface area contributed by atoms with Crippen molar-refractivity contribution in [3.63, 3.8) is 0 Å². The fraction of sp³-hybridized carbons (Fsp3) is 0.917. The molecule has 0 aromatic heterocycles. The smallest absolute Gasteiger partial charge is 0.0684 e. The van der Waals surface area contributed by atoms with Gasteiger partial charge < -0.3 is 10.0 Å². The number of hydrogen-bond donors (Lipinski definition) is 1. The van der Waals surface area contributed by atoms with Gasteiger partial charge in [0.05, 0.1) is 17.6 Å². The summed E-state index contributed by atoms with van der Waals surface area (Å²) in [6.45, 7) is 5.98. The minimum absolute atomic E-state index is 0.0565. The molecule has 0 atom stereocenters. The van der Waals surface area contributed by atoms with Crippen LogP contribution in [0.5, 0.6) is 0 Å². The predicted octanol–water partition coefficient (Wildman–Crippen LogP) is 1.63. The highest BCUT2D eigenvalue weighted by atomic mass is 16.3. The van der Waals surface area contributed by atoms with E-state index in [4.69, 9.17) is 10.4 Å². The monoisotopic (exact) mass is 210 g/mol. The van der Waals surface area contributed by atoms with E-state index in [0.717, 1.165) is 32.4 Å². The van der Waals surface area contributed by atoms with E-state index in [1.165, 1.54) is 0 Å². The highest BCUT2D eigenvalue weighted by Crippen LogP contribution is 2.28. The summed E-state index contributed by atoms with van der Waals surface area (Å²) in [5.74, 6) is 0.662. The summed E-state index contributed by atoms with van der Waals surface area (Å²) in [5.41, 5.74) is -0.215. The van der Waals surface area contributed by atoms with Gasteiger partial charge in [0.2, 0.25) is 0 Å². The van der Waals surface area contributed by atoms with Crippen LogP contribution in [0.3, 0.4) is 0 Å². The second kappa shape index (κ2) is 4.96. The second-order valence-corrected chi connectivity index (χ2v) is 5.50. The van der Waals surface area contributed by atoms with Gasteiger partial charge >= 0.3 is 0 Å². The first kappa shape index (κ1) is 12.5. The maximum atomic E-state index is 9.17. The van der Waals surface area contributed by atoms with Crippen LogP contribution in [0.15, 0.2) is 0 Å². The summed E-state index contributed by atoms with van der Waals surface area (Å²) in [6, 6.07) is 2.32. The lowest BCUT2D eigenvalue weighted by atomic mass is 9.82. The van der Waals surface area contributed by atoms with Crippen molar-refractivity contribution in [2.45, 2.75) is 39.2 Å². The molecule has 0 spiro atoms. The molecule has 0 unspecified atom stereocenters. The number of nitriles is 1. The van der Waals surface area contributed by atoms with Crippen molar-refractivity contribution >= 4 is 0 Å². The van der Waals surface area contributed by atoms with Crippen molar-refractivity contribution in [1.82, 2.24) is 4.90 Å². The Balaban J connectivity index is 2.14. The van der Waals surface area contributed by atoms with Crippen LogP contribution in [0.4, 0.5) is 0 Å². The molecule has 0 aliphatic heterocycles. The number of rotatable bonds is 5. The van der Waals surface area contributed by atoms with Gasteiger partial charge in [0.15, 0.2) is 0 Å². The molecule has 3 nitrogen and oxygen atoms in total. The summed E-state index contributed by atoms with van der Waals surface area (Å²) in [5, 5.41) is 18.0. The lowest BCUT2D eigenvalue weighted by molar-refractivity contribution is 0.0274. The van der Waals surface area contributed by atoms with Crippen molar-refractivity contribution in [2.75, 3.05) is 20.1 Å². The molecule has 15 heavy (non-hydrogen) atoms. The van der Waals surface area contributed by atoms with Crippen LogP contribution < -0.4 is 0 Å². The van der Waals surface area contributed by atoms with Crippen molar-refractivity contribution < 1.29 is 5.11 Å². The van der Waals surface area contributed by atoms with Crippen LogP contribution in [0, 0.1) is 22.7 Å². The van der Waals surface area contributed by atoms with Gasteiger partial charge in [-0.3, -0.25) is 0 Å². The summed E-state index contributed by atoms with van der Waals surface area (Å²) in [4.78, 5) is 2.27. The van der Waals surface area contributed by atoms with Crippen LogP contribution in [0.1, 0.15) is 33.1 Å². The molecule has 3 heteroatoms. The van der Waals surface area contributed by atoms with Gasteiger partial charge in [0.1, 0.15) is 0 Å². The Bertz CT molecular complexity index is 238. The first-order valence-corrected chi connectivity index (χ1v) is 5.71. The summed E-state index contributed by atoms with van der Waals surface area (Å²) >= 11 is 0. The average Bonchev–Trinajstić information content (AvgIpc) is 2.13. The van der Waals surface area contributed by atoms with Crippen molar-refractivity contribution in [3.05, 3.63) is 0 Å². The molecule has 0 aromatic carbocycles. The van der Waals surface area contributed by atoms with Crippen LogP contribution in [-0.4, -0.2) is 36.2 Å². The fourth-order valence-electron chi connectivity index (χ4n) is 1.91. The van der Waals surface area contributed by atoms with E-state index in [1.807, 2.05) is 13.8 Å². The lowest BCUT2D eigenvalue weighted by Gasteiger charge is -2.35. The average molecular weight is 210 g/mol. The quantitative estimate of drug-likeness (QED) is 0.750. The Labute approximate surface area is 92.7 Å². The first-order valence-electron chi connectivity index (χ1n) is 5.71. The molecule has 0 saturated heterocycles. The molecule has 1 aliphatic carbocycles. The summed E-state index contributed by atoms with van der Waals surface area (Å²) in [7, 11) is 2.10. The third-order valence-electron chi connectivity index (χ3n) is 3.20. The molecule has 0 bridgehead atoms. The SMILES string of the molecule is CN(CCC(C)(C)C#N)CC1CC(O)C1. The molecule has 1 N–H and O–H groups in total. The number of aliphatic hydroxyl groups is 1. The Hall–Kier alpha value is -0.590. The van der Waals surface area contributed by atoms with E-state index >= 15 is 0 Å². The van der Waals surface area contributed by atoms with E-state index in [9.17, 15) is 0 Å². The third-order valence-corrected chi connectivity index (χ3v) is 3.20. The third kappa shape index (κ3) is 4.19. The van der Waals surface area contributed by atoms with Gasteiger partial charge in [0.25, 0.3) is 0 Å². The molecular weight excluding hydrogens is 188 g/mol. The number of nitrogens with zero attached hydrogens (tertiary/aromatic N) is 2. The Morgan fingerprint density at radius 1 is 1.47 bits per heavy atom. The molecule has 1 saturated carbocycles. The maximum absolute atomic E-state index is 9.17. The zero-order chi connectivity index (χ0) is 11.5. The van der Waals surface area contributed by atoms with Gasteiger partial charge in [0, 0.05) is 6.54 Å². The van der Waals surface area contributed by atoms with Crippen LogP contribution in [-0.2, 0) is 0 Å². The molecule has 0 aromatic rings. The van der Waals surface area contributed by atoms with E-state index in [1.54, 1.807) is 0 Å². The molecule has 1 fully saturated rings.